The van der Waals surface area contributed by atoms with Crippen LogP contribution in [0, 0.1) is 6.92 Å². The summed E-state index contributed by atoms with van der Waals surface area (Å²) in [6.45, 7) is 4.93. The molecular formula is C19H18N2OS. The predicted molar refractivity (Wildman–Crippen MR) is 96.9 cm³/mol. The first-order valence-electron chi connectivity index (χ1n) is 7.96. The fourth-order valence-corrected chi connectivity index (χ4v) is 4.09. The zero-order chi connectivity index (χ0) is 16.0. The molecule has 116 valence electrons. The molecule has 4 heteroatoms. The van der Waals surface area contributed by atoms with E-state index in [4.69, 9.17) is 4.98 Å². The van der Waals surface area contributed by atoms with Crippen molar-refractivity contribution in [2.45, 2.75) is 33.2 Å². The molecule has 4 rings (SSSR count). The molecule has 1 aliphatic rings. The number of thiophene rings is 1. The number of aryl methyl sites for hydroxylation is 2. The number of allylic oxidation sites excluding steroid dienone is 1. The zero-order valence-corrected chi connectivity index (χ0v) is 14.1. The van der Waals surface area contributed by atoms with E-state index in [-0.39, 0.29) is 5.56 Å². The molecule has 2 aromatic heterocycles. The van der Waals surface area contributed by atoms with Crippen molar-refractivity contribution in [3.8, 4) is 0 Å². The van der Waals surface area contributed by atoms with Crippen LogP contribution in [0.1, 0.15) is 35.2 Å². The minimum absolute atomic E-state index is 0.105. The van der Waals surface area contributed by atoms with E-state index in [9.17, 15) is 4.79 Å². The van der Waals surface area contributed by atoms with E-state index < -0.39 is 0 Å². The Morgan fingerprint density at radius 2 is 2.22 bits per heavy atom. The van der Waals surface area contributed by atoms with Gasteiger partial charge in [-0.3, -0.25) is 9.36 Å². The van der Waals surface area contributed by atoms with Crippen LogP contribution in [-0.2, 0) is 13.0 Å². The number of nitrogens with zero attached hydrogens (tertiary/aromatic N) is 2. The van der Waals surface area contributed by atoms with Crippen LogP contribution >= 0.6 is 11.3 Å². The van der Waals surface area contributed by atoms with Crippen LogP contribution in [0.15, 0.2) is 35.1 Å². The first-order valence-corrected chi connectivity index (χ1v) is 8.78. The number of fused-ring (bicyclic) bond motifs is 2. The summed E-state index contributed by atoms with van der Waals surface area (Å²) in [5, 5.41) is 0.771. The minimum Gasteiger partial charge on any atom is -0.292 e. The highest BCUT2D eigenvalue weighted by Crippen LogP contribution is 2.30. The highest BCUT2D eigenvalue weighted by Gasteiger charge is 2.21. The third-order valence-corrected chi connectivity index (χ3v) is 5.50. The molecule has 3 aromatic rings. The van der Waals surface area contributed by atoms with Crippen molar-refractivity contribution in [1.82, 2.24) is 9.55 Å². The Balaban J connectivity index is 1.88. The van der Waals surface area contributed by atoms with E-state index in [0.29, 0.717) is 0 Å². The van der Waals surface area contributed by atoms with Gasteiger partial charge in [-0.25, -0.2) is 4.98 Å². The largest absolute Gasteiger partial charge is 0.292 e. The van der Waals surface area contributed by atoms with Gasteiger partial charge in [-0.15, -0.1) is 11.3 Å². The maximum Gasteiger partial charge on any atom is 0.262 e. The highest BCUT2D eigenvalue weighted by molar-refractivity contribution is 7.18. The summed E-state index contributed by atoms with van der Waals surface area (Å²) >= 11 is 1.64. The molecule has 0 radical (unpaired) electrons. The summed E-state index contributed by atoms with van der Waals surface area (Å²) in [6, 6.07) is 10.4. The van der Waals surface area contributed by atoms with Gasteiger partial charge in [-0.05, 0) is 43.0 Å². The van der Waals surface area contributed by atoms with Gasteiger partial charge in [0, 0.05) is 11.4 Å². The smallest absolute Gasteiger partial charge is 0.262 e. The number of hydrogen-bond donors (Lipinski definition) is 0. The molecule has 23 heavy (non-hydrogen) atoms. The van der Waals surface area contributed by atoms with Crippen molar-refractivity contribution in [3.63, 3.8) is 0 Å². The zero-order valence-electron chi connectivity index (χ0n) is 13.3. The van der Waals surface area contributed by atoms with E-state index in [0.717, 1.165) is 41.0 Å². The fourth-order valence-electron chi connectivity index (χ4n) is 3.13. The van der Waals surface area contributed by atoms with Crippen molar-refractivity contribution in [1.29, 1.82) is 0 Å². The van der Waals surface area contributed by atoms with E-state index in [2.05, 4.69) is 44.2 Å². The third-order valence-electron chi connectivity index (χ3n) is 4.33. The molecule has 0 bridgehead atoms. The van der Waals surface area contributed by atoms with Crippen LogP contribution in [0.3, 0.4) is 0 Å². The van der Waals surface area contributed by atoms with Crippen LogP contribution in [0.2, 0.25) is 0 Å². The van der Waals surface area contributed by atoms with E-state index in [1.807, 2.05) is 10.6 Å². The average Bonchev–Trinajstić information content (AvgIpc) is 3.13. The number of aromatic nitrogens is 2. The molecule has 0 fully saturated rings. The van der Waals surface area contributed by atoms with Gasteiger partial charge in [0.2, 0.25) is 0 Å². The van der Waals surface area contributed by atoms with Gasteiger partial charge in [0.1, 0.15) is 10.7 Å². The lowest BCUT2D eigenvalue weighted by Crippen LogP contribution is -2.19. The Hall–Kier alpha value is -2.20. The first kappa shape index (κ1) is 14.4. The summed E-state index contributed by atoms with van der Waals surface area (Å²) in [7, 11) is 0. The van der Waals surface area contributed by atoms with E-state index in [1.165, 1.54) is 16.0 Å². The Morgan fingerprint density at radius 3 is 3.00 bits per heavy atom. The molecule has 0 N–H and O–H groups in total. The maximum absolute atomic E-state index is 12.7. The van der Waals surface area contributed by atoms with Crippen LogP contribution < -0.4 is 5.56 Å². The summed E-state index contributed by atoms with van der Waals surface area (Å²) in [6.07, 6.45) is 3.98. The monoisotopic (exact) mass is 322 g/mol. The Morgan fingerprint density at radius 1 is 1.35 bits per heavy atom. The minimum atomic E-state index is 0.105. The predicted octanol–water partition coefficient (Wildman–Crippen LogP) is 4.27. The fraction of sp³-hybridized carbons (Fsp3) is 0.263. The molecule has 0 unspecified atom stereocenters. The van der Waals surface area contributed by atoms with E-state index >= 15 is 0 Å². The molecule has 0 aliphatic carbocycles. The van der Waals surface area contributed by atoms with Gasteiger partial charge in [0.05, 0.1) is 5.39 Å². The van der Waals surface area contributed by atoms with Crippen LogP contribution in [0.25, 0.3) is 21.9 Å². The highest BCUT2D eigenvalue weighted by atomic mass is 32.1. The lowest BCUT2D eigenvalue weighted by molar-refractivity contribution is 0.726. The van der Waals surface area contributed by atoms with Crippen LogP contribution in [-0.4, -0.2) is 9.55 Å². The molecule has 1 aromatic carbocycles. The molecule has 3 heterocycles. The third kappa shape index (κ3) is 2.43. The lowest BCUT2D eigenvalue weighted by atomic mass is 10.1. The number of benzene rings is 1. The van der Waals surface area contributed by atoms with E-state index in [1.54, 1.807) is 11.3 Å². The van der Waals surface area contributed by atoms with Gasteiger partial charge in [0.15, 0.2) is 0 Å². The Bertz CT molecular complexity index is 994. The quantitative estimate of drug-likeness (QED) is 0.706. The standard InChI is InChI=1S/C19H18N2OS/c1-3-15-11-16-18(23-15)20-17-14(7-8-21(17)19(16)22)10-13-6-4-5-12(2)9-13/h4-6,9-11H,3,7-8H2,1-2H3. The summed E-state index contributed by atoms with van der Waals surface area (Å²) in [4.78, 5) is 19.6. The Kier molecular flexibility index (Phi) is 3.42. The van der Waals surface area contributed by atoms with Crippen molar-refractivity contribution in [2.24, 2.45) is 0 Å². The molecule has 3 nitrogen and oxygen atoms in total. The first-order chi connectivity index (χ1) is 11.2. The van der Waals surface area contributed by atoms with Gasteiger partial charge in [-0.1, -0.05) is 36.8 Å². The SMILES string of the molecule is CCc1cc2c(=O)n3c(nc2s1)C(=Cc1cccc(C)c1)CC3. The number of rotatable bonds is 2. The molecule has 0 saturated carbocycles. The maximum atomic E-state index is 12.7. The van der Waals surface area contributed by atoms with Gasteiger partial charge in [-0.2, -0.15) is 0 Å². The van der Waals surface area contributed by atoms with Crippen molar-refractivity contribution >= 4 is 33.2 Å². The summed E-state index contributed by atoms with van der Waals surface area (Å²) in [5.41, 5.74) is 3.67. The number of hydrogen-bond acceptors (Lipinski definition) is 3. The molecule has 1 aliphatic heterocycles. The van der Waals surface area contributed by atoms with Crippen LogP contribution in [0.5, 0.6) is 0 Å². The summed E-state index contributed by atoms with van der Waals surface area (Å²) < 4.78 is 1.83. The second-order valence-corrected chi connectivity index (χ2v) is 7.13. The molecule has 0 spiro atoms. The Labute approximate surface area is 138 Å². The molecular weight excluding hydrogens is 304 g/mol. The normalized spacial score (nSPS) is 15.5. The summed E-state index contributed by atoms with van der Waals surface area (Å²) in [5.74, 6) is 0.841. The second-order valence-electron chi connectivity index (χ2n) is 6.01. The van der Waals surface area contributed by atoms with Crippen molar-refractivity contribution < 1.29 is 0 Å². The molecule has 0 amide bonds. The van der Waals surface area contributed by atoms with Gasteiger partial charge < -0.3 is 0 Å². The van der Waals surface area contributed by atoms with Gasteiger partial charge in [0.25, 0.3) is 5.56 Å². The van der Waals surface area contributed by atoms with Crippen molar-refractivity contribution in [3.05, 3.63) is 62.5 Å². The molecule has 0 atom stereocenters. The van der Waals surface area contributed by atoms with Gasteiger partial charge >= 0.3 is 0 Å². The molecule has 0 saturated heterocycles. The second kappa shape index (κ2) is 5.46. The van der Waals surface area contributed by atoms with Crippen molar-refractivity contribution in [2.75, 3.05) is 0 Å². The lowest BCUT2D eigenvalue weighted by Gasteiger charge is -2.03. The average molecular weight is 322 g/mol. The topological polar surface area (TPSA) is 34.9 Å². The van der Waals surface area contributed by atoms with Crippen LogP contribution in [0.4, 0.5) is 0 Å².